The van der Waals surface area contributed by atoms with Gasteiger partial charge in [0, 0.05) is 5.92 Å². The maximum Gasteiger partial charge on any atom is 0.224 e. The topological polar surface area (TPSA) is 49.3 Å². The Hall–Kier alpha value is -0.830. The molecule has 0 aromatic rings. The van der Waals surface area contributed by atoms with Crippen LogP contribution in [0.3, 0.4) is 0 Å². The summed E-state index contributed by atoms with van der Waals surface area (Å²) in [5.41, 5.74) is -0.247. The second-order valence-corrected chi connectivity index (χ2v) is 5.31. The van der Waals surface area contributed by atoms with Crippen LogP contribution in [-0.4, -0.2) is 23.2 Å². The molecule has 3 nitrogen and oxygen atoms in total. The average Bonchev–Trinajstić information content (AvgIpc) is 2.73. The molecular weight excluding hydrogens is 190 g/mol. The highest BCUT2D eigenvalue weighted by atomic mass is 16.3. The van der Waals surface area contributed by atoms with E-state index in [2.05, 4.69) is 17.5 Å². The van der Waals surface area contributed by atoms with Gasteiger partial charge in [0.05, 0.1) is 12.1 Å². The molecule has 0 aromatic heterocycles. The molecular formula is C12H17NO2. The highest BCUT2D eigenvalue weighted by Gasteiger charge is 2.47. The third-order valence-corrected chi connectivity index (χ3v) is 4.16. The van der Waals surface area contributed by atoms with Gasteiger partial charge in [-0.05, 0) is 37.5 Å². The second-order valence-electron chi connectivity index (χ2n) is 5.31. The van der Waals surface area contributed by atoms with E-state index in [1.165, 1.54) is 0 Å². The number of nitrogens with one attached hydrogen (secondary N) is 1. The Kier molecular flexibility index (Phi) is 1.93. The van der Waals surface area contributed by atoms with E-state index >= 15 is 0 Å². The Morgan fingerprint density at radius 1 is 1.40 bits per heavy atom. The van der Waals surface area contributed by atoms with Crippen molar-refractivity contribution in [2.24, 2.45) is 17.8 Å². The van der Waals surface area contributed by atoms with Gasteiger partial charge in [0.15, 0.2) is 0 Å². The maximum absolute atomic E-state index is 12.0. The lowest BCUT2D eigenvalue weighted by atomic mass is 9.92. The van der Waals surface area contributed by atoms with Crippen LogP contribution in [0, 0.1) is 17.8 Å². The van der Waals surface area contributed by atoms with Crippen molar-refractivity contribution in [3.8, 4) is 0 Å². The fraction of sp³-hybridized carbons (Fsp3) is 0.750. The summed E-state index contributed by atoms with van der Waals surface area (Å²) in [5.74, 6) is 1.43. The van der Waals surface area contributed by atoms with Gasteiger partial charge in [-0.25, -0.2) is 0 Å². The Morgan fingerprint density at radius 3 is 2.67 bits per heavy atom. The Bertz CT molecular complexity index is 320. The minimum atomic E-state index is -0.247. The number of aliphatic hydroxyl groups is 1. The van der Waals surface area contributed by atoms with Crippen LogP contribution in [0.5, 0.6) is 0 Å². The van der Waals surface area contributed by atoms with Crippen LogP contribution in [-0.2, 0) is 4.79 Å². The molecule has 3 atom stereocenters. The van der Waals surface area contributed by atoms with Crippen molar-refractivity contribution in [2.75, 3.05) is 6.61 Å². The van der Waals surface area contributed by atoms with Crippen LogP contribution in [0.2, 0.25) is 0 Å². The summed E-state index contributed by atoms with van der Waals surface area (Å²) in [6.07, 6.45) is 8.47. The molecule has 0 heterocycles. The molecule has 2 bridgehead atoms. The fourth-order valence-corrected chi connectivity index (χ4v) is 2.91. The van der Waals surface area contributed by atoms with Gasteiger partial charge < -0.3 is 10.4 Å². The number of aliphatic hydroxyl groups excluding tert-OH is 1. The zero-order valence-corrected chi connectivity index (χ0v) is 8.78. The Balaban J connectivity index is 1.64. The van der Waals surface area contributed by atoms with Crippen molar-refractivity contribution in [3.63, 3.8) is 0 Å². The van der Waals surface area contributed by atoms with E-state index in [4.69, 9.17) is 5.11 Å². The zero-order valence-electron chi connectivity index (χ0n) is 8.78. The third kappa shape index (κ3) is 1.49. The van der Waals surface area contributed by atoms with Crippen molar-refractivity contribution in [1.82, 2.24) is 5.32 Å². The first-order valence-corrected chi connectivity index (χ1v) is 5.84. The number of carbonyl (C=O) groups excluding carboxylic acids is 1. The molecule has 3 aliphatic rings. The molecule has 3 rings (SSSR count). The molecule has 2 N–H and O–H groups in total. The van der Waals surface area contributed by atoms with Crippen LogP contribution in [0.1, 0.15) is 25.7 Å². The van der Waals surface area contributed by atoms with Gasteiger partial charge in [0.1, 0.15) is 0 Å². The third-order valence-electron chi connectivity index (χ3n) is 4.16. The van der Waals surface area contributed by atoms with Crippen LogP contribution in [0.25, 0.3) is 0 Å². The number of hydrogen-bond donors (Lipinski definition) is 2. The number of amides is 1. The molecule has 2 fully saturated rings. The monoisotopic (exact) mass is 207 g/mol. The lowest BCUT2D eigenvalue weighted by Crippen LogP contribution is -2.43. The van der Waals surface area contributed by atoms with Crippen molar-refractivity contribution in [3.05, 3.63) is 12.2 Å². The van der Waals surface area contributed by atoms with E-state index in [0.717, 1.165) is 25.7 Å². The SMILES string of the molecule is O=C(NC1(CO)CC1)C1CC2C=CC1C2. The van der Waals surface area contributed by atoms with Crippen molar-refractivity contribution >= 4 is 5.91 Å². The summed E-state index contributed by atoms with van der Waals surface area (Å²) in [6, 6.07) is 0. The van der Waals surface area contributed by atoms with Gasteiger partial charge in [-0.1, -0.05) is 12.2 Å². The average molecular weight is 207 g/mol. The van der Waals surface area contributed by atoms with Crippen molar-refractivity contribution in [1.29, 1.82) is 0 Å². The highest BCUT2D eigenvalue weighted by molar-refractivity contribution is 5.81. The highest BCUT2D eigenvalue weighted by Crippen LogP contribution is 2.44. The molecule has 0 spiro atoms. The summed E-state index contributed by atoms with van der Waals surface area (Å²) in [4.78, 5) is 12.0. The Labute approximate surface area is 89.6 Å². The second kappa shape index (κ2) is 3.08. The summed E-state index contributed by atoms with van der Waals surface area (Å²) >= 11 is 0. The number of allylic oxidation sites excluding steroid dienone is 2. The quantitative estimate of drug-likeness (QED) is 0.674. The number of carbonyl (C=O) groups is 1. The van der Waals surface area contributed by atoms with E-state index in [0.29, 0.717) is 11.8 Å². The molecule has 2 saturated carbocycles. The maximum atomic E-state index is 12.0. The molecule has 0 radical (unpaired) electrons. The smallest absolute Gasteiger partial charge is 0.224 e. The van der Waals surface area contributed by atoms with E-state index in [-0.39, 0.29) is 24.0 Å². The molecule has 15 heavy (non-hydrogen) atoms. The number of hydrogen-bond acceptors (Lipinski definition) is 2. The first kappa shape index (κ1) is 9.40. The van der Waals surface area contributed by atoms with Gasteiger partial charge in [-0.3, -0.25) is 4.79 Å². The minimum absolute atomic E-state index is 0.0927. The predicted octanol–water partition coefficient (Wildman–Crippen LogP) is 0.840. The first-order valence-electron chi connectivity index (χ1n) is 5.84. The van der Waals surface area contributed by atoms with Gasteiger partial charge >= 0.3 is 0 Å². The summed E-state index contributed by atoms with van der Waals surface area (Å²) in [7, 11) is 0. The van der Waals surface area contributed by atoms with Crippen molar-refractivity contribution < 1.29 is 9.90 Å². The molecule has 3 unspecified atom stereocenters. The van der Waals surface area contributed by atoms with Crippen molar-refractivity contribution in [2.45, 2.75) is 31.2 Å². The lowest BCUT2D eigenvalue weighted by molar-refractivity contribution is -0.127. The molecule has 0 aromatic carbocycles. The van der Waals surface area contributed by atoms with Crippen LogP contribution < -0.4 is 5.32 Å². The van der Waals surface area contributed by atoms with E-state index in [9.17, 15) is 4.79 Å². The van der Waals surface area contributed by atoms with Gasteiger partial charge in [0.25, 0.3) is 0 Å². The Morgan fingerprint density at radius 2 is 2.20 bits per heavy atom. The van der Waals surface area contributed by atoms with Gasteiger partial charge in [-0.2, -0.15) is 0 Å². The standard InChI is InChI=1S/C12H17NO2/c14-7-12(3-4-12)13-11(15)10-6-8-1-2-9(10)5-8/h1-2,8-10,14H,3-7H2,(H,13,15). The first-order chi connectivity index (χ1) is 7.22. The molecule has 3 aliphatic carbocycles. The zero-order chi connectivity index (χ0) is 10.5. The number of rotatable bonds is 3. The molecule has 1 amide bonds. The summed E-state index contributed by atoms with van der Waals surface area (Å²) < 4.78 is 0. The van der Waals surface area contributed by atoms with E-state index in [1.54, 1.807) is 0 Å². The number of fused-ring (bicyclic) bond motifs is 2. The fourth-order valence-electron chi connectivity index (χ4n) is 2.91. The van der Waals surface area contributed by atoms with Crippen LogP contribution in [0.4, 0.5) is 0 Å². The van der Waals surface area contributed by atoms with Crippen LogP contribution in [0.15, 0.2) is 12.2 Å². The van der Waals surface area contributed by atoms with Crippen LogP contribution >= 0.6 is 0 Å². The van der Waals surface area contributed by atoms with Gasteiger partial charge in [-0.15, -0.1) is 0 Å². The summed E-state index contributed by atoms with van der Waals surface area (Å²) in [6.45, 7) is 0.0927. The lowest BCUT2D eigenvalue weighted by Gasteiger charge is -2.21. The summed E-state index contributed by atoms with van der Waals surface area (Å²) in [5, 5.41) is 12.2. The minimum Gasteiger partial charge on any atom is -0.394 e. The molecule has 0 aliphatic heterocycles. The molecule has 3 heteroatoms. The predicted molar refractivity (Wildman–Crippen MR) is 56.0 cm³/mol. The molecule has 0 saturated heterocycles. The van der Waals surface area contributed by atoms with E-state index < -0.39 is 0 Å². The normalized spacial score (nSPS) is 39.4. The largest absolute Gasteiger partial charge is 0.394 e. The van der Waals surface area contributed by atoms with E-state index in [1.807, 2.05) is 0 Å². The van der Waals surface area contributed by atoms with Gasteiger partial charge in [0.2, 0.25) is 5.91 Å². The molecule has 82 valence electrons.